The number of hydrogen-bond acceptors (Lipinski definition) is 6. The first-order valence-corrected chi connectivity index (χ1v) is 10.5. The Morgan fingerprint density at radius 2 is 2.17 bits per heavy atom. The van der Waals surface area contributed by atoms with E-state index in [1.807, 2.05) is 43.9 Å². The minimum Gasteiger partial charge on any atom is -0.383 e. The molecule has 0 spiro atoms. The number of methoxy groups -OCH3 is 1. The highest BCUT2D eigenvalue weighted by atomic mass is 32.1. The van der Waals surface area contributed by atoms with Crippen molar-refractivity contribution in [3.63, 3.8) is 0 Å². The van der Waals surface area contributed by atoms with Crippen LogP contribution in [0.3, 0.4) is 0 Å². The molecule has 4 rings (SSSR count). The van der Waals surface area contributed by atoms with E-state index in [9.17, 15) is 4.79 Å². The second-order valence-corrected chi connectivity index (χ2v) is 8.16. The molecule has 0 fully saturated rings. The molecule has 0 radical (unpaired) electrons. The van der Waals surface area contributed by atoms with Crippen LogP contribution in [0, 0.1) is 0 Å². The fourth-order valence-electron chi connectivity index (χ4n) is 3.34. The Balaban J connectivity index is 1.59. The van der Waals surface area contributed by atoms with Crippen LogP contribution in [0.4, 0.5) is 0 Å². The average molecular weight is 422 g/mol. The molecule has 0 aliphatic rings. The van der Waals surface area contributed by atoms with E-state index >= 15 is 0 Å². The van der Waals surface area contributed by atoms with E-state index in [0.717, 1.165) is 32.6 Å². The van der Waals surface area contributed by atoms with Crippen LogP contribution in [0.15, 0.2) is 48.2 Å². The first-order chi connectivity index (χ1) is 14.5. The molecule has 7 nitrogen and oxygen atoms in total. The van der Waals surface area contributed by atoms with Gasteiger partial charge in [-0.05, 0) is 48.1 Å². The molecule has 0 saturated carbocycles. The lowest BCUT2D eigenvalue weighted by molar-refractivity contribution is 0.0901. The number of nitrogens with zero attached hydrogens (tertiary/aromatic N) is 4. The molecule has 0 bridgehead atoms. The summed E-state index contributed by atoms with van der Waals surface area (Å²) in [7, 11) is 3.50. The van der Waals surface area contributed by atoms with Crippen molar-refractivity contribution >= 4 is 27.5 Å². The standard InChI is InChI=1S/C22H23N5O2S/c1-14(13-29-3)25-21(28)20-9-16(18-6-7-30-22(18)26-20)8-15-4-5-19(23-10-15)17-11-24-27(2)12-17/h4-7,9-12,14H,8,13H2,1-3H3,(H,25,28). The largest absolute Gasteiger partial charge is 0.383 e. The highest BCUT2D eigenvalue weighted by Gasteiger charge is 2.15. The SMILES string of the molecule is COCC(C)NC(=O)c1cc(Cc2ccc(-c3cnn(C)c3)nc2)c2ccsc2n1. The highest BCUT2D eigenvalue weighted by Crippen LogP contribution is 2.26. The zero-order chi connectivity index (χ0) is 21.1. The number of rotatable bonds is 7. The number of hydrogen-bond donors (Lipinski definition) is 1. The molecule has 154 valence electrons. The van der Waals surface area contributed by atoms with E-state index in [-0.39, 0.29) is 11.9 Å². The second kappa shape index (κ2) is 8.73. The quantitative estimate of drug-likeness (QED) is 0.494. The molecule has 1 unspecified atom stereocenters. The normalized spacial score (nSPS) is 12.2. The molecule has 0 aliphatic carbocycles. The predicted molar refractivity (Wildman–Crippen MR) is 118 cm³/mol. The van der Waals surface area contributed by atoms with Gasteiger partial charge in [-0.15, -0.1) is 11.3 Å². The van der Waals surface area contributed by atoms with Crippen molar-refractivity contribution in [2.45, 2.75) is 19.4 Å². The van der Waals surface area contributed by atoms with Gasteiger partial charge in [-0.25, -0.2) is 4.98 Å². The minimum atomic E-state index is -0.193. The van der Waals surface area contributed by atoms with Crippen molar-refractivity contribution in [3.05, 3.63) is 65.1 Å². The van der Waals surface area contributed by atoms with Gasteiger partial charge in [-0.2, -0.15) is 5.10 Å². The molecule has 1 atom stereocenters. The molecule has 1 amide bonds. The molecular weight excluding hydrogens is 398 g/mol. The first-order valence-electron chi connectivity index (χ1n) is 9.64. The van der Waals surface area contributed by atoms with Gasteiger partial charge in [0, 0.05) is 43.5 Å². The van der Waals surface area contributed by atoms with Gasteiger partial charge in [-0.1, -0.05) is 6.07 Å². The summed E-state index contributed by atoms with van der Waals surface area (Å²) in [5.74, 6) is -0.193. The Morgan fingerprint density at radius 1 is 1.30 bits per heavy atom. The van der Waals surface area contributed by atoms with E-state index < -0.39 is 0 Å². The Bertz CT molecular complexity index is 1170. The molecular formula is C22H23N5O2S. The number of pyridine rings is 2. The number of amides is 1. The molecule has 1 N–H and O–H groups in total. The van der Waals surface area contributed by atoms with Crippen molar-refractivity contribution in [2.24, 2.45) is 7.05 Å². The monoisotopic (exact) mass is 421 g/mol. The maximum Gasteiger partial charge on any atom is 0.270 e. The van der Waals surface area contributed by atoms with Gasteiger partial charge >= 0.3 is 0 Å². The summed E-state index contributed by atoms with van der Waals surface area (Å²) >= 11 is 1.53. The fraction of sp³-hybridized carbons (Fsp3) is 0.273. The maximum atomic E-state index is 12.7. The summed E-state index contributed by atoms with van der Waals surface area (Å²) in [6, 6.07) is 7.90. The van der Waals surface area contributed by atoms with Crippen LogP contribution in [-0.4, -0.2) is 45.4 Å². The zero-order valence-corrected chi connectivity index (χ0v) is 17.9. The number of ether oxygens (including phenoxy) is 1. The summed E-state index contributed by atoms with van der Waals surface area (Å²) in [4.78, 5) is 22.6. The number of fused-ring (bicyclic) bond motifs is 1. The highest BCUT2D eigenvalue weighted by molar-refractivity contribution is 7.16. The van der Waals surface area contributed by atoms with E-state index in [0.29, 0.717) is 18.7 Å². The Labute approximate surface area is 178 Å². The lowest BCUT2D eigenvalue weighted by Crippen LogP contribution is -2.36. The van der Waals surface area contributed by atoms with Gasteiger partial charge in [0.05, 0.1) is 18.5 Å². The summed E-state index contributed by atoms with van der Waals surface area (Å²) in [5.41, 5.74) is 4.41. The smallest absolute Gasteiger partial charge is 0.270 e. The number of aromatic nitrogens is 4. The van der Waals surface area contributed by atoms with Crippen LogP contribution in [0.1, 0.15) is 28.5 Å². The topological polar surface area (TPSA) is 81.9 Å². The molecule has 30 heavy (non-hydrogen) atoms. The summed E-state index contributed by atoms with van der Waals surface area (Å²) in [6.45, 7) is 2.36. The van der Waals surface area contributed by atoms with Crippen molar-refractivity contribution in [1.29, 1.82) is 0 Å². The van der Waals surface area contributed by atoms with Crippen molar-refractivity contribution in [1.82, 2.24) is 25.1 Å². The molecule has 0 saturated heterocycles. The van der Waals surface area contributed by atoms with E-state index in [4.69, 9.17) is 4.74 Å². The first kappa shape index (κ1) is 20.2. The van der Waals surface area contributed by atoms with E-state index in [1.165, 1.54) is 11.3 Å². The molecule has 4 aromatic rings. The maximum absolute atomic E-state index is 12.7. The number of carbonyl (C=O) groups excluding carboxylic acids is 1. The Morgan fingerprint density at radius 3 is 2.87 bits per heavy atom. The Hall–Kier alpha value is -3.10. The lowest BCUT2D eigenvalue weighted by atomic mass is 10.0. The summed E-state index contributed by atoms with van der Waals surface area (Å²) in [5, 5.41) is 10.2. The number of thiophene rings is 1. The number of nitrogens with one attached hydrogen (secondary N) is 1. The van der Waals surface area contributed by atoms with Gasteiger partial charge in [0.2, 0.25) is 0 Å². The predicted octanol–water partition coefficient (Wildman–Crippen LogP) is 3.45. The van der Waals surface area contributed by atoms with Crippen molar-refractivity contribution in [3.8, 4) is 11.3 Å². The molecule has 0 aliphatic heterocycles. The molecule has 4 heterocycles. The lowest BCUT2D eigenvalue weighted by Gasteiger charge is -2.13. The van der Waals surface area contributed by atoms with Crippen molar-refractivity contribution < 1.29 is 9.53 Å². The number of aryl methyl sites for hydroxylation is 1. The van der Waals surface area contributed by atoms with Crippen molar-refractivity contribution in [2.75, 3.05) is 13.7 Å². The second-order valence-electron chi connectivity index (χ2n) is 7.27. The van der Waals surface area contributed by atoms with Gasteiger partial charge < -0.3 is 10.1 Å². The van der Waals surface area contributed by atoms with Crippen LogP contribution in [0.25, 0.3) is 21.5 Å². The fourth-order valence-corrected chi connectivity index (χ4v) is 4.15. The third kappa shape index (κ3) is 4.39. The molecule has 8 heteroatoms. The van der Waals surface area contributed by atoms with Crippen LogP contribution < -0.4 is 5.32 Å². The third-order valence-electron chi connectivity index (χ3n) is 4.77. The van der Waals surface area contributed by atoms with Crippen LogP contribution >= 0.6 is 11.3 Å². The van der Waals surface area contributed by atoms with Gasteiger partial charge in [-0.3, -0.25) is 14.5 Å². The number of carbonyl (C=O) groups is 1. The molecule has 4 aromatic heterocycles. The van der Waals surface area contributed by atoms with Gasteiger partial charge in [0.1, 0.15) is 10.5 Å². The van der Waals surface area contributed by atoms with Crippen LogP contribution in [-0.2, 0) is 18.2 Å². The molecule has 0 aromatic carbocycles. The zero-order valence-electron chi connectivity index (χ0n) is 17.1. The average Bonchev–Trinajstić information content (AvgIpc) is 3.37. The van der Waals surface area contributed by atoms with Gasteiger partial charge in [0.15, 0.2) is 0 Å². The van der Waals surface area contributed by atoms with E-state index in [1.54, 1.807) is 18.0 Å². The Kier molecular flexibility index (Phi) is 5.87. The summed E-state index contributed by atoms with van der Waals surface area (Å²) in [6.07, 6.45) is 6.29. The minimum absolute atomic E-state index is 0.0870. The summed E-state index contributed by atoms with van der Waals surface area (Å²) < 4.78 is 6.86. The van der Waals surface area contributed by atoms with E-state index in [2.05, 4.69) is 32.5 Å². The third-order valence-corrected chi connectivity index (χ3v) is 5.58. The van der Waals surface area contributed by atoms with Crippen LogP contribution in [0.2, 0.25) is 0 Å². The van der Waals surface area contributed by atoms with Gasteiger partial charge in [0.25, 0.3) is 5.91 Å². The van der Waals surface area contributed by atoms with Crippen LogP contribution in [0.5, 0.6) is 0 Å².